The average molecular weight is 179 g/mol. The van der Waals surface area contributed by atoms with Crippen LogP contribution in [0.1, 0.15) is 13.8 Å². The number of carbonyl (C=O) groups excluding carboxylic acids is 1. The first-order valence-corrected chi connectivity index (χ1v) is 4.05. The third-order valence-electron chi connectivity index (χ3n) is 2.31. The highest BCUT2D eigenvalue weighted by Crippen LogP contribution is 2.32. The summed E-state index contributed by atoms with van der Waals surface area (Å²) in [6, 6.07) is 0. The summed E-state index contributed by atoms with van der Waals surface area (Å²) >= 11 is 5.45. The zero-order valence-electron chi connectivity index (χ0n) is 6.50. The molecule has 0 aromatic heterocycles. The SMILES string of the molecule is CC1OC(=O)C(O)(CCl)C1C. The van der Waals surface area contributed by atoms with E-state index < -0.39 is 11.6 Å². The van der Waals surface area contributed by atoms with Gasteiger partial charge in [-0.3, -0.25) is 0 Å². The van der Waals surface area contributed by atoms with Crippen molar-refractivity contribution in [3.63, 3.8) is 0 Å². The Kier molecular flexibility index (Phi) is 2.12. The molecule has 1 aliphatic heterocycles. The zero-order valence-corrected chi connectivity index (χ0v) is 7.26. The van der Waals surface area contributed by atoms with Crippen LogP contribution in [0.25, 0.3) is 0 Å². The molecule has 0 bridgehead atoms. The van der Waals surface area contributed by atoms with Gasteiger partial charge in [-0.25, -0.2) is 4.79 Å². The van der Waals surface area contributed by atoms with E-state index in [1.165, 1.54) is 0 Å². The second-order valence-electron chi connectivity index (χ2n) is 2.96. The van der Waals surface area contributed by atoms with Crippen molar-refractivity contribution in [2.24, 2.45) is 5.92 Å². The summed E-state index contributed by atoms with van der Waals surface area (Å²) in [5.74, 6) is -0.933. The quantitative estimate of drug-likeness (QED) is 0.471. The summed E-state index contributed by atoms with van der Waals surface area (Å²) < 4.78 is 4.81. The number of hydrogen-bond donors (Lipinski definition) is 1. The van der Waals surface area contributed by atoms with Crippen LogP contribution in [0.15, 0.2) is 0 Å². The summed E-state index contributed by atoms with van der Waals surface area (Å²) in [4.78, 5) is 11.0. The number of rotatable bonds is 1. The fraction of sp³-hybridized carbons (Fsp3) is 0.857. The van der Waals surface area contributed by atoms with Crippen LogP contribution in [0.2, 0.25) is 0 Å². The lowest BCUT2D eigenvalue weighted by molar-refractivity contribution is -0.153. The van der Waals surface area contributed by atoms with Gasteiger partial charge in [0.2, 0.25) is 0 Å². The van der Waals surface area contributed by atoms with E-state index in [4.69, 9.17) is 16.3 Å². The van der Waals surface area contributed by atoms with Crippen molar-refractivity contribution in [3.8, 4) is 0 Å². The molecule has 0 radical (unpaired) electrons. The van der Waals surface area contributed by atoms with E-state index in [-0.39, 0.29) is 17.9 Å². The lowest BCUT2D eigenvalue weighted by atomic mass is 9.90. The van der Waals surface area contributed by atoms with Crippen LogP contribution >= 0.6 is 11.6 Å². The number of halogens is 1. The van der Waals surface area contributed by atoms with Crippen molar-refractivity contribution >= 4 is 17.6 Å². The topological polar surface area (TPSA) is 46.5 Å². The van der Waals surface area contributed by atoms with Crippen LogP contribution in [-0.4, -0.2) is 28.7 Å². The summed E-state index contributed by atoms with van der Waals surface area (Å²) in [5, 5.41) is 9.60. The fourth-order valence-corrected chi connectivity index (χ4v) is 1.48. The van der Waals surface area contributed by atoms with E-state index in [1.807, 2.05) is 0 Å². The molecule has 4 heteroatoms. The maximum Gasteiger partial charge on any atom is 0.340 e. The minimum Gasteiger partial charge on any atom is -0.460 e. The molecule has 3 atom stereocenters. The van der Waals surface area contributed by atoms with Crippen LogP contribution in [0.5, 0.6) is 0 Å². The molecular weight excluding hydrogens is 168 g/mol. The van der Waals surface area contributed by atoms with Gasteiger partial charge in [0.05, 0.1) is 5.88 Å². The highest BCUT2D eigenvalue weighted by molar-refractivity contribution is 6.20. The smallest absolute Gasteiger partial charge is 0.340 e. The second-order valence-corrected chi connectivity index (χ2v) is 3.22. The predicted molar refractivity (Wildman–Crippen MR) is 40.4 cm³/mol. The molecule has 0 aromatic carbocycles. The number of alkyl halides is 1. The summed E-state index contributed by atoms with van der Waals surface area (Å²) in [6.45, 7) is 3.49. The first-order chi connectivity index (χ1) is 5.02. The van der Waals surface area contributed by atoms with Crippen molar-refractivity contribution in [3.05, 3.63) is 0 Å². The molecule has 0 spiro atoms. The molecule has 0 aromatic rings. The van der Waals surface area contributed by atoms with Gasteiger partial charge in [-0.1, -0.05) is 6.92 Å². The van der Waals surface area contributed by atoms with Crippen LogP contribution < -0.4 is 0 Å². The van der Waals surface area contributed by atoms with Gasteiger partial charge in [0, 0.05) is 5.92 Å². The Morgan fingerprint density at radius 1 is 1.73 bits per heavy atom. The molecule has 1 aliphatic rings. The normalized spacial score (nSPS) is 44.2. The second kappa shape index (κ2) is 2.64. The van der Waals surface area contributed by atoms with E-state index in [0.717, 1.165) is 0 Å². The van der Waals surface area contributed by atoms with Gasteiger partial charge >= 0.3 is 5.97 Å². The predicted octanol–water partition coefficient (Wildman–Crippen LogP) is 0.538. The Morgan fingerprint density at radius 3 is 2.45 bits per heavy atom. The summed E-state index contributed by atoms with van der Waals surface area (Å²) in [5.41, 5.74) is -1.47. The molecular formula is C7H11ClO3. The first kappa shape index (κ1) is 8.81. The highest BCUT2D eigenvalue weighted by atomic mass is 35.5. The molecule has 0 amide bonds. The number of cyclic esters (lactones) is 1. The van der Waals surface area contributed by atoms with E-state index in [9.17, 15) is 9.90 Å². The molecule has 1 fully saturated rings. The van der Waals surface area contributed by atoms with Gasteiger partial charge in [0.25, 0.3) is 0 Å². The number of ether oxygens (including phenoxy) is 1. The highest BCUT2D eigenvalue weighted by Gasteiger charge is 2.52. The Labute approximate surface area is 70.3 Å². The van der Waals surface area contributed by atoms with Crippen molar-refractivity contribution < 1.29 is 14.6 Å². The van der Waals surface area contributed by atoms with Gasteiger partial charge < -0.3 is 9.84 Å². The molecule has 64 valence electrons. The molecule has 3 unspecified atom stereocenters. The molecule has 1 N–H and O–H groups in total. The molecule has 1 heterocycles. The number of esters is 1. The molecule has 0 saturated carbocycles. The Hall–Kier alpha value is -0.280. The lowest BCUT2D eigenvalue weighted by Crippen LogP contribution is -2.42. The molecule has 1 saturated heterocycles. The minimum absolute atomic E-state index is 0.0999. The Bertz CT molecular complexity index is 183. The molecule has 1 rings (SSSR count). The third-order valence-corrected chi connectivity index (χ3v) is 2.71. The molecule has 11 heavy (non-hydrogen) atoms. The van der Waals surface area contributed by atoms with E-state index in [2.05, 4.69) is 0 Å². The minimum atomic E-state index is -1.47. The van der Waals surface area contributed by atoms with Gasteiger partial charge in [0.1, 0.15) is 6.10 Å². The monoisotopic (exact) mass is 178 g/mol. The van der Waals surface area contributed by atoms with E-state index in [0.29, 0.717) is 0 Å². The van der Waals surface area contributed by atoms with E-state index in [1.54, 1.807) is 13.8 Å². The molecule has 0 aliphatic carbocycles. The van der Waals surface area contributed by atoms with Gasteiger partial charge in [0.15, 0.2) is 5.60 Å². The number of carbonyl (C=O) groups is 1. The summed E-state index contributed by atoms with van der Waals surface area (Å²) in [6.07, 6.45) is -0.244. The largest absolute Gasteiger partial charge is 0.460 e. The third kappa shape index (κ3) is 1.12. The van der Waals surface area contributed by atoms with Crippen LogP contribution in [0.3, 0.4) is 0 Å². The number of hydrogen-bond acceptors (Lipinski definition) is 3. The zero-order chi connectivity index (χ0) is 8.65. The van der Waals surface area contributed by atoms with Crippen LogP contribution in [0.4, 0.5) is 0 Å². The van der Waals surface area contributed by atoms with E-state index >= 15 is 0 Å². The standard InChI is InChI=1S/C7H11ClO3/c1-4-5(2)11-6(9)7(4,10)3-8/h4-5,10H,3H2,1-2H3. The van der Waals surface area contributed by atoms with Gasteiger partial charge in [-0.05, 0) is 6.92 Å². The van der Waals surface area contributed by atoms with Crippen LogP contribution in [-0.2, 0) is 9.53 Å². The van der Waals surface area contributed by atoms with Crippen molar-refractivity contribution in [2.75, 3.05) is 5.88 Å². The Morgan fingerprint density at radius 2 is 2.27 bits per heavy atom. The maximum atomic E-state index is 11.0. The fourth-order valence-electron chi connectivity index (χ4n) is 1.12. The van der Waals surface area contributed by atoms with Crippen molar-refractivity contribution in [1.29, 1.82) is 0 Å². The maximum absolute atomic E-state index is 11.0. The van der Waals surface area contributed by atoms with Gasteiger partial charge in [-0.15, -0.1) is 11.6 Å². The summed E-state index contributed by atoms with van der Waals surface area (Å²) in [7, 11) is 0. The average Bonchev–Trinajstić information content (AvgIpc) is 2.16. The van der Waals surface area contributed by atoms with Crippen molar-refractivity contribution in [1.82, 2.24) is 0 Å². The first-order valence-electron chi connectivity index (χ1n) is 3.52. The van der Waals surface area contributed by atoms with Crippen molar-refractivity contribution in [2.45, 2.75) is 25.6 Å². The van der Waals surface area contributed by atoms with Crippen LogP contribution in [0, 0.1) is 5.92 Å². The Balaban J connectivity index is 2.87. The molecule has 3 nitrogen and oxygen atoms in total. The van der Waals surface area contributed by atoms with Gasteiger partial charge in [-0.2, -0.15) is 0 Å². The lowest BCUT2D eigenvalue weighted by Gasteiger charge is -2.19. The number of aliphatic hydroxyl groups is 1.